The van der Waals surface area contributed by atoms with E-state index < -0.39 is 11.5 Å². The van der Waals surface area contributed by atoms with Gasteiger partial charge >= 0.3 is 5.97 Å². The minimum absolute atomic E-state index is 0. The van der Waals surface area contributed by atoms with Crippen LogP contribution in [0.1, 0.15) is 33.1 Å². The van der Waals surface area contributed by atoms with E-state index in [0.29, 0.717) is 12.8 Å². The Labute approximate surface area is 73.4 Å². The van der Waals surface area contributed by atoms with Gasteiger partial charge in [0.25, 0.3) is 0 Å². The van der Waals surface area contributed by atoms with Crippen LogP contribution in [0.15, 0.2) is 0 Å². The molecular weight excluding hydrogens is 166 g/mol. The van der Waals surface area contributed by atoms with Gasteiger partial charge in [-0.3, -0.25) is 4.79 Å². The molecule has 11 heavy (non-hydrogen) atoms. The zero-order valence-corrected chi connectivity index (χ0v) is 7.78. The summed E-state index contributed by atoms with van der Waals surface area (Å²) in [6.45, 7) is 3.73. The van der Waals surface area contributed by atoms with Gasteiger partial charge < -0.3 is 10.8 Å². The van der Waals surface area contributed by atoms with Gasteiger partial charge in [-0.05, 0) is 12.8 Å². The van der Waals surface area contributed by atoms with Gasteiger partial charge in [-0.2, -0.15) is 0 Å². The average molecular weight is 182 g/mol. The molecule has 0 amide bonds. The van der Waals surface area contributed by atoms with Crippen LogP contribution >= 0.6 is 12.4 Å². The largest absolute Gasteiger partial charge is 0.480 e. The molecule has 3 nitrogen and oxygen atoms in total. The van der Waals surface area contributed by atoms with E-state index in [1.165, 1.54) is 0 Å². The molecule has 0 fully saturated rings. The maximum absolute atomic E-state index is 10.5. The topological polar surface area (TPSA) is 63.3 Å². The number of carbonyl (C=O) groups is 1. The molecule has 0 aromatic rings. The monoisotopic (exact) mass is 181 g/mol. The number of aliphatic carboxylic acids is 1. The van der Waals surface area contributed by atoms with E-state index in [0.717, 1.165) is 6.42 Å². The lowest BCUT2D eigenvalue weighted by molar-refractivity contribution is -0.143. The van der Waals surface area contributed by atoms with Gasteiger partial charge in [0, 0.05) is 0 Å². The minimum Gasteiger partial charge on any atom is -0.480 e. The van der Waals surface area contributed by atoms with Crippen molar-refractivity contribution >= 4 is 18.4 Å². The molecule has 4 heteroatoms. The third-order valence-corrected chi connectivity index (χ3v) is 1.75. The predicted octanol–water partition coefficient (Wildman–Crippen LogP) is 1.40. The third kappa shape index (κ3) is 3.58. The highest BCUT2D eigenvalue weighted by atomic mass is 35.5. The van der Waals surface area contributed by atoms with E-state index in [4.69, 9.17) is 10.8 Å². The van der Waals surface area contributed by atoms with Gasteiger partial charge in [-0.1, -0.05) is 20.3 Å². The summed E-state index contributed by atoms with van der Waals surface area (Å²) >= 11 is 0. The quantitative estimate of drug-likeness (QED) is 0.689. The molecule has 68 valence electrons. The summed E-state index contributed by atoms with van der Waals surface area (Å²) in [6, 6.07) is 0. The number of carboxylic acid groups (broad SMARTS) is 1. The van der Waals surface area contributed by atoms with Crippen molar-refractivity contribution in [2.24, 2.45) is 5.73 Å². The predicted molar refractivity (Wildman–Crippen MR) is 47.0 cm³/mol. The Kier molecular flexibility index (Phi) is 6.52. The van der Waals surface area contributed by atoms with Crippen LogP contribution in [-0.2, 0) is 4.79 Å². The lowest BCUT2D eigenvalue weighted by Crippen LogP contribution is -2.47. The number of hydrogen-bond acceptors (Lipinski definition) is 2. The maximum atomic E-state index is 10.5. The van der Waals surface area contributed by atoms with Crippen LogP contribution in [0, 0.1) is 0 Å². The molecule has 0 bridgehead atoms. The van der Waals surface area contributed by atoms with E-state index in [1.54, 1.807) is 6.92 Å². The molecule has 0 aliphatic heterocycles. The highest BCUT2D eigenvalue weighted by Crippen LogP contribution is 2.13. The molecule has 0 radical (unpaired) electrons. The molecule has 0 saturated carbocycles. The van der Waals surface area contributed by atoms with E-state index in [-0.39, 0.29) is 12.4 Å². The SMILES string of the molecule is CCCC(N)(CC)C(=O)O.Cl. The Morgan fingerprint density at radius 1 is 1.55 bits per heavy atom. The first-order valence-corrected chi connectivity index (χ1v) is 3.59. The molecule has 0 aliphatic rings. The summed E-state index contributed by atoms with van der Waals surface area (Å²) < 4.78 is 0. The number of carboxylic acids is 1. The first-order valence-electron chi connectivity index (χ1n) is 3.59. The van der Waals surface area contributed by atoms with Gasteiger partial charge in [-0.25, -0.2) is 0 Å². The zero-order chi connectivity index (χ0) is 8.20. The summed E-state index contributed by atoms with van der Waals surface area (Å²) in [4.78, 5) is 10.5. The summed E-state index contributed by atoms with van der Waals surface area (Å²) in [5.74, 6) is -0.892. The standard InChI is InChI=1S/C7H15NO2.ClH/c1-3-5-7(8,4-2)6(9)10;/h3-5,8H2,1-2H3,(H,9,10);1H. The van der Waals surface area contributed by atoms with Gasteiger partial charge in [-0.15, -0.1) is 12.4 Å². The molecule has 0 aliphatic carbocycles. The van der Waals surface area contributed by atoms with Crippen LogP contribution in [0.25, 0.3) is 0 Å². The van der Waals surface area contributed by atoms with Crippen molar-refractivity contribution in [2.75, 3.05) is 0 Å². The van der Waals surface area contributed by atoms with Crippen molar-refractivity contribution in [3.8, 4) is 0 Å². The molecule has 0 heterocycles. The summed E-state index contributed by atoms with van der Waals surface area (Å²) in [5.41, 5.74) is 4.56. The van der Waals surface area contributed by atoms with Crippen molar-refractivity contribution < 1.29 is 9.90 Å². The third-order valence-electron chi connectivity index (χ3n) is 1.75. The fraction of sp³-hybridized carbons (Fsp3) is 0.857. The average Bonchev–Trinajstić information content (AvgIpc) is 1.88. The highest BCUT2D eigenvalue weighted by molar-refractivity contribution is 5.85. The Hall–Kier alpha value is -0.280. The Bertz CT molecular complexity index is 130. The molecule has 3 N–H and O–H groups in total. The number of nitrogens with two attached hydrogens (primary N) is 1. The van der Waals surface area contributed by atoms with Gasteiger partial charge in [0.2, 0.25) is 0 Å². The maximum Gasteiger partial charge on any atom is 0.323 e. The van der Waals surface area contributed by atoms with Gasteiger partial charge in [0.15, 0.2) is 0 Å². The van der Waals surface area contributed by atoms with Crippen LogP contribution in [0.5, 0.6) is 0 Å². The zero-order valence-electron chi connectivity index (χ0n) is 6.96. The van der Waals surface area contributed by atoms with Crippen molar-refractivity contribution in [1.29, 1.82) is 0 Å². The molecule has 1 atom stereocenters. The normalized spacial score (nSPS) is 14.8. The van der Waals surface area contributed by atoms with Crippen molar-refractivity contribution in [3.63, 3.8) is 0 Å². The molecule has 0 saturated heterocycles. The number of halogens is 1. The van der Waals surface area contributed by atoms with Gasteiger partial charge in [0.1, 0.15) is 5.54 Å². The molecule has 0 spiro atoms. The first-order chi connectivity index (χ1) is 4.56. The Morgan fingerprint density at radius 3 is 2.09 bits per heavy atom. The molecule has 0 aromatic heterocycles. The van der Waals surface area contributed by atoms with E-state index in [2.05, 4.69) is 0 Å². The fourth-order valence-electron chi connectivity index (χ4n) is 0.881. The summed E-state index contributed by atoms with van der Waals surface area (Å²) in [5, 5.41) is 8.64. The molecular formula is C7H16ClNO2. The van der Waals surface area contributed by atoms with Crippen LogP contribution in [0.2, 0.25) is 0 Å². The van der Waals surface area contributed by atoms with E-state index >= 15 is 0 Å². The smallest absolute Gasteiger partial charge is 0.323 e. The lowest BCUT2D eigenvalue weighted by atomic mass is 9.92. The number of rotatable bonds is 4. The Morgan fingerprint density at radius 2 is 2.00 bits per heavy atom. The van der Waals surface area contributed by atoms with E-state index in [9.17, 15) is 4.79 Å². The van der Waals surface area contributed by atoms with Crippen LogP contribution in [0.3, 0.4) is 0 Å². The second kappa shape index (κ2) is 5.38. The summed E-state index contributed by atoms with van der Waals surface area (Å²) in [6.07, 6.45) is 1.87. The second-order valence-corrected chi connectivity index (χ2v) is 2.56. The lowest BCUT2D eigenvalue weighted by Gasteiger charge is -2.21. The van der Waals surface area contributed by atoms with Crippen LogP contribution < -0.4 is 5.73 Å². The van der Waals surface area contributed by atoms with Crippen LogP contribution in [-0.4, -0.2) is 16.6 Å². The molecule has 0 aromatic carbocycles. The van der Waals surface area contributed by atoms with Crippen molar-refractivity contribution in [1.82, 2.24) is 0 Å². The number of hydrogen-bond donors (Lipinski definition) is 2. The van der Waals surface area contributed by atoms with Crippen molar-refractivity contribution in [2.45, 2.75) is 38.6 Å². The van der Waals surface area contributed by atoms with Gasteiger partial charge in [0.05, 0.1) is 0 Å². The second-order valence-electron chi connectivity index (χ2n) is 2.56. The molecule has 0 rings (SSSR count). The Balaban J connectivity index is 0. The highest BCUT2D eigenvalue weighted by Gasteiger charge is 2.30. The van der Waals surface area contributed by atoms with Crippen molar-refractivity contribution in [3.05, 3.63) is 0 Å². The summed E-state index contributed by atoms with van der Waals surface area (Å²) in [7, 11) is 0. The molecule has 1 unspecified atom stereocenters. The van der Waals surface area contributed by atoms with E-state index in [1.807, 2.05) is 6.92 Å². The first kappa shape index (κ1) is 13.3. The minimum atomic E-state index is -0.991. The fourth-order valence-corrected chi connectivity index (χ4v) is 0.881. The van der Waals surface area contributed by atoms with Crippen LogP contribution in [0.4, 0.5) is 0 Å².